The van der Waals surface area contributed by atoms with Gasteiger partial charge in [0.15, 0.2) is 11.5 Å². The van der Waals surface area contributed by atoms with Gasteiger partial charge in [0, 0.05) is 12.0 Å². The molecule has 1 rings (SSSR count). The summed E-state index contributed by atoms with van der Waals surface area (Å²) in [5.41, 5.74) is 1.02. The highest BCUT2D eigenvalue weighted by atomic mass is 16.5. The highest BCUT2D eigenvalue weighted by molar-refractivity contribution is 5.55. The standard InChI is InChI=1S/C14H20O3/c1-10(2)17-14-12(11(3)8-9-15)6-5-7-13(14)16-4/h5-7,9-11H,8H2,1-4H3. The zero-order chi connectivity index (χ0) is 12.8. The quantitative estimate of drug-likeness (QED) is 0.712. The highest BCUT2D eigenvalue weighted by Gasteiger charge is 2.16. The summed E-state index contributed by atoms with van der Waals surface area (Å²) in [6, 6.07) is 5.77. The number of methoxy groups -OCH3 is 1. The number of carbonyl (C=O) groups is 1. The van der Waals surface area contributed by atoms with Crippen molar-refractivity contribution in [1.29, 1.82) is 0 Å². The van der Waals surface area contributed by atoms with Crippen LogP contribution in [0.5, 0.6) is 11.5 Å². The maximum absolute atomic E-state index is 10.6. The third kappa shape index (κ3) is 3.48. The maximum atomic E-state index is 10.6. The normalized spacial score (nSPS) is 12.3. The molecule has 0 bridgehead atoms. The van der Waals surface area contributed by atoms with E-state index in [1.807, 2.05) is 39.0 Å². The molecule has 0 fully saturated rings. The molecule has 1 aromatic rings. The maximum Gasteiger partial charge on any atom is 0.164 e. The molecule has 1 aromatic carbocycles. The Kier molecular flexibility index (Phi) is 5.01. The van der Waals surface area contributed by atoms with Crippen molar-refractivity contribution in [1.82, 2.24) is 0 Å². The van der Waals surface area contributed by atoms with Crippen LogP contribution in [0.4, 0.5) is 0 Å². The fraction of sp³-hybridized carbons (Fsp3) is 0.500. The number of hydrogen-bond acceptors (Lipinski definition) is 3. The molecule has 0 heterocycles. The van der Waals surface area contributed by atoms with Crippen LogP contribution >= 0.6 is 0 Å². The van der Waals surface area contributed by atoms with Crippen LogP contribution in [0.25, 0.3) is 0 Å². The van der Waals surface area contributed by atoms with Gasteiger partial charge in [-0.2, -0.15) is 0 Å². The molecule has 3 nitrogen and oxygen atoms in total. The summed E-state index contributed by atoms with van der Waals surface area (Å²) < 4.78 is 11.1. The number of rotatable bonds is 6. The topological polar surface area (TPSA) is 35.5 Å². The number of para-hydroxylation sites is 1. The van der Waals surface area contributed by atoms with E-state index in [9.17, 15) is 4.79 Å². The van der Waals surface area contributed by atoms with Gasteiger partial charge in [-0.25, -0.2) is 0 Å². The minimum absolute atomic E-state index is 0.0773. The first-order chi connectivity index (χ1) is 8.10. The molecular formula is C14H20O3. The second-order valence-corrected chi connectivity index (χ2v) is 4.35. The Balaban J connectivity index is 3.13. The molecule has 0 aliphatic rings. The molecular weight excluding hydrogens is 216 g/mol. The molecule has 1 atom stereocenters. The Morgan fingerprint density at radius 1 is 1.29 bits per heavy atom. The van der Waals surface area contributed by atoms with Crippen LogP contribution in [0.2, 0.25) is 0 Å². The second-order valence-electron chi connectivity index (χ2n) is 4.35. The van der Waals surface area contributed by atoms with Crippen molar-refractivity contribution < 1.29 is 14.3 Å². The van der Waals surface area contributed by atoms with E-state index in [1.165, 1.54) is 0 Å². The van der Waals surface area contributed by atoms with E-state index in [0.717, 1.165) is 17.6 Å². The fourth-order valence-electron chi connectivity index (χ4n) is 1.71. The minimum atomic E-state index is 0.0773. The van der Waals surface area contributed by atoms with Gasteiger partial charge in [0.2, 0.25) is 0 Å². The van der Waals surface area contributed by atoms with Gasteiger partial charge in [-0.1, -0.05) is 19.1 Å². The SMILES string of the molecule is COc1cccc(C(C)CC=O)c1OC(C)C. The van der Waals surface area contributed by atoms with Crippen LogP contribution in [-0.2, 0) is 4.79 Å². The zero-order valence-electron chi connectivity index (χ0n) is 10.9. The molecule has 0 aromatic heterocycles. The van der Waals surface area contributed by atoms with Gasteiger partial charge in [0.25, 0.3) is 0 Å². The van der Waals surface area contributed by atoms with Gasteiger partial charge in [0.05, 0.1) is 13.2 Å². The van der Waals surface area contributed by atoms with E-state index < -0.39 is 0 Å². The molecule has 0 aliphatic heterocycles. The van der Waals surface area contributed by atoms with E-state index >= 15 is 0 Å². The van der Waals surface area contributed by atoms with Crippen molar-refractivity contribution in [2.45, 2.75) is 39.2 Å². The summed E-state index contributed by atoms with van der Waals surface area (Å²) in [6.07, 6.45) is 1.50. The summed E-state index contributed by atoms with van der Waals surface area (Å²) in [5.74, 6) is 1.60. The average Bonchev–Trinajstić information content (AvgIpc) is 2.28. The lowest BCUT2D eigenvalue weighted by atomic mass is 9.97. The van der Waals surface area contributed by atoms with Gasteiger partial charge < -0.3 is 14.3 Å². The van der Waals surface area contributed by atoms with E-state index in [0.29, 0.717) is 12.2 Å². The largest absolute Gasteiger partial charge is 0.493 e. The molecule has 0 radical (unpaired) electrons. The van der Waals surface area contributed by atoms with Crippen LogP contribution in [0.1, 0.15) is 38.7 Å². The Labute approximate surface area is 103 Å². The molecule has 1 unspecified atom stereocenters. The number of benzene rings is 1. The lowest BCUT2D eigenvalue weighted by molar-refractivity contribution is -0.108. The first-order valence-electron chi connectivity index (χ1n) is 5.87. The summed E-state index contributed by atoms with van der Waals surface area (Å²) in [5, 5.41) is 0. The first kappa shape index (κ1) is 13.6. The van der Waals surface area contributed by atoms with Crippen LogP contribution in [0.15, 0.2) is 18.2 Å². The van der Waals surface area contributed by atoms with Crippen LogP contribution in [0.3, 0.4) is 0 Å². The van der Waals surface area contributed by atoms with Crippen molar-refractivity contribution >= 4 is 6.29 Å². The minimum Gasteiger partial charge on any atom is -0.493 e. The summed E-state index contributed by atoms with van der Waals surface area (Å²) >= 11 is 0. The summed E-state index contributed by atoms with van der Waals surface area (Å²) in [7, 11) is 1.62. The lowest BCUT2D eigenvalue weighted by Crippen LogP contribution is -2.10. The molecule has 0 saturated heterocycles. The van der Waals surface area contributed by atoms with Crippen molar-refractivity contribution in [2.75, 3.05) is 7.11 Å². The summed E-state index contributed by atoms with van der Waals surface area (Å²) in [4.78, 5) is 10.6. The van der Waals surface area contributed by atoms with Crippen LogP contribution < -0.4 is 9.47 Å². The Morgan fingerprint density at radius 3 is 2.53 bits per heavy atom. The number of hydrogen-bond donors (Lipinski definition) is 0. The third-order valence-electron chi connectivity index (χ3n) is 2.56. The fourth-order valence-corrected chi connectivity index (χ4v) is 1.71. The van der Waals surface area contributed by atoms with Crippen LogP contribution in [0, 0.1) is 0 Å². The van der Waals surface area contributed by atoms with Crippen molar-refractivity contribution in [3.63, 3.8) is 0 Å². The van der Waals surface area contributed by atoms with Crippen molar-refractivity contribution in [3.8, 4) is 11.5 Å². The van der Waals surface area contributed by atoms with E-state index in [2.05, 4.69) is 0 Å². The van der Waals surface area contributed by atoms with E-state index in [1.54, 1.807) is 7.11 Å². The van der Waals surface area contributed by atoms with Gasteiger partial charge >= 0.3 is 0 Å². The first-order valence-corrected chi connectivity index (χ1v) is 5.87. The Hall–Kier alpha value is -1.51. The monoisotopic (exact) mass is 236 g/mol. The zero-order valence-corrected chi connectivity index (χ0v) is 10.9. The van der Waals surface area contributed by atoms with Crippen molar-refractivity contribution in [2.24, 2.45) is 0 Å². The van der Waals surface area contributed by atoms with Gasteiger partial charge in [-0.3, -0.25) is 0 Å². The molecule has 3 heteroatoms. The number of ether oxygens (including phenoxy) is 2. The molecule has 0 aliphatic carbocycles. The van der Waals surface area contributed by atoms with Gasteiger partial charge in [-0.05, 0) is 25.8 Å². The molecule has 17 heavy (non-hydrogen) atoms. The second kappa shape index (κ2) is 6.28. The third-order valence-corrected chi connectivity index (χ3v) is 2.56. The van der Waals surface area contributed by atoms with Gasteiger partial charge in [0.1, 0.15) is 6.29 Å². The molecule has 0 saturated carbocycles. The smallest absolute Gasteiger partial charge is 0.164 e. The average molecular weight is 236 g/mol. The van der Waals surface area contributed by atoms with Gasteiger partial charge in [-0.15, -0.1) is 0 Å². The molecule has 0 N–H and O–H groups in total. The number of aldehydes is 1. The molecule has 0 amide bonds. The van der Waals surface area contributed by atoms with Crippen LogP contribution in [-0.4, -0.2) is 19.5 Å². The molecule has 0 spiro atoms. The highest BCUT2D eigenvalue weighted by Crippen LogP contribution is 2.37. The lowest BCUT2D eigenvalue weighted by Gasteiger charge is -2.20. The van der Waals surface area contributed by atoms with E-state index in [-0.39, 0.29) is 12.0 Å². The summed E-state index contributed by atoms with van der Waals surface area (Å²) in [6.45, 7) is 5.96. The molecule has 94 valence electrons. The Bertz CT molecular complexity index is 372. The van der Waals surface area contributed by atoms with E-state index in [4.69, 9.17) is 9.47 Å². The van der Waals surface area contributed by atoms with Crippen molar-refractivity contribution in [3.05, 3.63) is 23.8 Å². The number of carbonyl (C=O) groups excluding carboxylic acids is 1. The predicted octanol–water partition coefficient (Wildman–Crippen LogP) is 3.17. The predicted molar refractivity (Wildman–Crippen MR) is 67.9 cm³/mol. The Morgan fingerprint density at radius 2 is 2.00 bits per heavy atom.